The number of fused-ring (bicyclic) bond motifs is 1. The first-order valence-corrected chi connectivity index (χ1v) is 10.2. The summed E-state index contributed by atoms with van der Waals surface area (Å²) in [6.07, 6.45) is 8.11. The molecule has 1 amide bonds. The number of hydrogen-bond donors (Lipinski definition) is 1. The quantitative estimate of drug-likeness (QED) is 0.867. The van der Waals surface area contributed by atoms with Crippen LogP contribution in [0.5, 0.6) is 11.5 Å². The molecule has 0 bridgehead atoms. The third-order valence-electron chi connectivity index (χ3n) is 5.72. The molecule has 5 nitrogen and oxygen atoms in total. The summed E-state index contributed by atoms with van der Waals surface area (Å²) in [5, 5.41) is 3.89. The van der Waals surface area contributed by atoms with Crippen molar-refractivity contribution in [2.75, 3.05) is 19.9 Å². The minimum Gasteiger partial charge on any atom is -0.454 e. The summed E-state index contributed by atoms with van der Waals surface area (Å²) < 4.78 is 10.8. The van der Waals surface area contributed by atoms with Gasteiger partial charge in [0.15, 0.2) is 11.5 Å². The number of amides is 1. The molecule has 1 saturated carbocycles. The zero-order valence-corrected chi connectivity index (χ0v) is 15.9. The normalized spacial score (nSPS) is 23.8. The largest absolute Gasteiger partial charge is 0.454 e. The lowest BCUT2D eigenvalue weighted by atomic mass is 9.93. The number of benzene rings is 1. The Morgan fingerprint density at radius 2 is 2.00 bits per heavy atom. The van der Waals surface area contributed by atoms with Gasteiger partial charge in [-0.2, -0.15) is 0 Å². The molecule has 0 radical (unpaired) electrons. The Labute approximate surface area is 160 Å². The van der Waals surface area contributed by atoms with Gasteiger partial charge < -0.3 is 14.8 Å². The fraction of sp³-hybridized carbons (Fsp3) is 0.650. The van der Waals surface area contributed by atoms with Gasteiger partial charge in [0.2, 0.25) is 12.7 Å². The molecule has 2 aliphatic heterocycles. The Morgan fingerprint density at radius 3 is 2.85 bits per heavy atom. The standard InChI is InChI=1S/C20H27ClN2O3/c21-17-9-14(10-18-19(17)26-13-25-18)11-23-8-4-5-15(12-23)20(24)22-16-6-2-1-3-7-16/h9-10,15-16H,1-8,11-13H2,(H,22,24)/t15-/m0/s1. The number of nitrogens with zero attached hydrogens (tertiary/aromatic N) is 1. The maximum absolute atomic E-state index is 12.7. The zero-order chi connectivity index (χ0) is 17.9. The SMILES string of the molecule is O=C(NC1CCCCC1)[C@H]1CCCN(Cc2cc(Cl)c3c(c2)OCO3)C1. The summed E-state index contributed by atoms with van der Waals surface area (Å²) in [7, 11) is 0. The van der Waals surface area contributed by atoms with Gasteiger partial charge in [-0.1, -0.05) is 30.9 Å². The van der Waals surface area contributed by atoms with Crippen LogP contribution in [-0.4, -0.2) is 36.7 Å². The van der Waals surface area contributed by atoms with Gasteiger partial charge in [-0.15, -0.1) is 0 Å². The smallest absolute Gasteiger partial charge is 0.231 e. The summed E-state index contributed by atoms with van der Waals surface area (Å²) in [6, 6.07) is 4.33. The van der Waals surface area contributed by atoms with Crippen LogP contribution in [0.15, 0.2) is 12.1 Å². The van der Waals surface area contributed by atoms with Crippen molar-refractivity contribution in [1.29, 1.82) is 0 Å². The number of piperidine rings is 1. The third kappa shape index (κ3) is 4.09. The number of likely N-dealkylation sites (tertiary alicyclic amines) is 1. The molecule has 1 saturated heterocycles. The molecule has 0 spiro atoms. The van der Waals surface area contributed by atoms with Crippen molar-refractivity contribution >= 4 is 17.5 Å². The monoisotopic (exact) mass is 378 g/mol. The van der Waals surface area contributed by atoms with E-state index in [2.05, 4.69) is 10.2 Å². The summed E-state index contributed by atoms with van der Waals surface area (Å²) in [4.78, 5) is 15.0. The van der Waals surface area contributed by atoms with Gasteiger partial charge >= 0.3 is 0 Å². The molecule has 1 aliphatic carbocycles. The van der Waals surface area contributed by atoms with Crippen LogP contribution in [-0.2, 0) is 11.3 Å². The van der Waals surface area contributed by atoms with Crippen molar-refractivity contribution in [1.82, 2.24) is 10.2 Å². The van der Waals surface area contributed by atoms with E-state index in [4.69, 9.17) is 21.1 Å². The number of halogens is 1. The number of carbonyl (C=O) groups is 1. The van der Waals surface area contributed by atoms with Crippen molar-refractivity contribution in [2.24, 2.45) is 5.92 Å². The van der Waals surface area contributed by atoms with Crippen LogP contribution in [0.2, 0.25) is 5.02 Å². The van der Waals surface area contributed by atoms with Crippen LogP contribution in [0, 0.1) is 5.92 Å². The molecule has 1 atom stereocenters. The molecule has 142 valence electrons. The van der Waals surface area contributed by atoms with Gasteiger partial charge in [-0.3, -0.25) is 9.69 Å². The molecule has 0 aromatic heterocycles. The van der Waals surface area contributed by atoms with Crippen molar-refractivity contribution < 1.29 is 14.3 Å². The Bertz CT molecular complexity index is 661. The molecule has 1 aromatic carbocycles. The van der Waals surface area contributed by atoms with Crippen LogP contribution in [0.4, 0.5) is 0 Å². The molecule has 2 fully saturated rings. The zero-order valence-electron chi connectivity index (χ0n) is 15.1. The highest BCUT2D eigenvalue weighted by Gasteiger charge is 2.28. The first-order chi connectivity index (χ1) is 12.7. The minimum atomic E-state index is 0.0927. The maximum atomic E-state index is 12.7. The predicted octanol–water partition coefficient (Wildman–Crippen LogP) is 3.73. The van der Waals surface area contributed by atoms with Crippen molar-refractivity contribution in [3.63, 3.8) is 0 Å². The fourth-order valence-corrected chi connectivity index (χ4v) is 4.64. The van der Waals surface area contributed by atoms with Gasteiger partial charge in [0.1, 0.15) is 0 Å². The second kappa shape index (κ2) is 8.05. The average Bonchev–Trinajstić information content (AvgIpc) is 3.12. The third-order valence-corrected chi connectivity index (χ3v) is 6.00. The highest BCUT2D eigenvalue weighted by atomic mass is 35.5. The lowest BCUT2D eigenvalue weighted by molar-refractivity contribution is -0.127. The van der Waals surface area contributed by atoms with Gasteiger partial charge in [-0.25, -0.2) is 0 Å². The van der Waals surface area contributed by atoms with Gasteiger partial charge in [0.25, 0.3) is 0 Å². The van der Waals surface area contributed by atoms with Crippen molar-refractivity contribution in [2.45, 2.75) is 57.5 Å². The lowest BCUT2D eigenvalue weighted by Gasteiger charge is -2.33. The molecule has 3 aliphatic rings. The van der Waals surface area contributed by atoms with Crippen LogP contribution in [0.25, 0.3) is 0 Å². The molecule has 0 unspecified atom stereocenters. The van der Waals surface area contributed by atoms with Gasteiger partial charge in [0.05, 0.1) is 10.9 Å². The number of rotatable bonds is 4. The summed E-state index contributed by atoms with van der Waals surface area (Å²) in [6.45, 7) is 2.83. The van der Waals surface area contributed by atoms with Crippen molar-refractivity contribution in [3.8, 4) is 11.5 Å². The maximum Gasteiger partial charge on any atom is 0.231 e. The predicted molar refractivity (Wildman–Crippen MR) is 101 cm³/mol. The Balaban J connectivity index is 1.35. The molecular formula is C20H27ClN2O3. The molecule has 26 heavy (non-hydrogen) atoms. The highest BCUT2D eigenvalue weighted by molar-refractivity contribution is 6.32. The molecule has 4 rings (SSSR count). The molecule has 2 heterocycles. The van der Waals surface area contributed by atoms with Gasteiger partial charge in [-0.05, 0) is 49.9 Å². The molecule has 1 aromatic rings. The van der Waals surface area contributed by atoms with E-state index in [0.717, 1.165) is 56.6 Å². The first kappa shape index (κ1) is 17.9. The Hall–Kier alpha value is -1.46. The van der Waals surface area contributed by atoms with Crippen molar-refractivity contribution in [3.05, 3.63) is 22.7 Å². The summed E-state index contributed by atoms with van der Waals surface area (Å²) in [5.74, 6) is 1.69. The second-order valence-corrected chi connectivity index (χ2v) is 8.14. The first-order valence-electron chi connectivity index (χ1n) is 9.80. The van der Waals surface area contributed by atoms with E-state index in [1.165, 1.54) is 19.3 Å². The molecule has 1 N–H and O–H groups in total. The Morgan fingerprint density at radius 1 is 1.15 bits per heavy atom. The fourth-order valence-electron chi connectivity index (χ4n) is 4.35. The average molecular weight is 379 g/mol. The Kier molecular flexibility index (Phi) is 5.55. The van der Waals surface area contributed by atoms with Gasteiger partial charge in [0, 0.05) is 19.1 Å². The summed E-state index contributed by atoms with van der Waals surface area (Å²) >= 11 is 6.29. The number of carbonyl (C=O) groups excluding carboxylic acids is 1. The van der Waals surface area contributed by atoms with E-state index in [1.807, 2.05) is 12.1 Å². The number of nitrogens with one attached hydrogen (secondary N) is 1. The van der Waals surface area contributed by atoms with Crippen LogP contribution in [0.1, 0.15) is 50.5 Å². The topological polar surface area (TPSA) is 50.8 Å². The van der Waals surface area contributed by atoms with Crippen LogP contribution >= 0.6 is 11.6 Å². The highest BCUT2D eigenvalue weighted by Crippen LogP contribution is 2.40. The molecular weight excluding hydrogens is 352 g/mol. The number of ether oxygens (including phenoxy) is 2. The van der Waals surface area contributed by atoms with E-state index in [0.29, 0.717) is 16.8 Å². The van der Waals surface area contributed by atoms with Crippen LogP contribution in [0.3, 0.4) is 0 Å². The lowest BCUT2D eigenvalue weighted by Crippen LogP contribution is -2.46. The van der Waals surface area contributed by atoms with E-state index in [9.17, 15) is 4.79 Å². The molecule has 6 heteroatoms. The minimum absolute atomic E-state index is 0.0927. The number of hydrogen-bond acceptors (Lipinski definition) is 4. The summed E-state index contributed by atoms with van der Waals surface area (Å²) in [5.41, 5.74) is 1.10. The van der Waals surface area contributed by atoms with E-state index < -0.39 is 0 Å². The van der Waals surface area contributed by atoms with E-state index in [-0.39, 0.29) is 18.6 Å². The van der Waals surface area contributed by atoms with E-state index in [1.54, 1.807) is 0 Å². The van der Waals surface area contributed by atoms with Crippen LogP contribution < -0.4 is 14.8 Å². The van der Waals surface area contributed by atoms with E-state index >= 15 is 0 Å². The second-order valence-electron chi connectivity index (χ2n) is 7.73.